The number of hydrogen-bond donors (Lipinski definition) is 2. The van der Waals surface area contributed by atoms with E-state index < -0.39 is 11.4 Å². The van der Waals surface area contributed by atoms with Crippen LogP contribution in [0.15, 0.2) is 0 Å². The van der Waals surface area contributed by atoms with Crippen LogP contribution in [0.1, 0.15) is 47.0 Å². The van der Waals surface area contributed by atoms with Crippen LogP contribution in [0, 0.1) is 11.3 Å². The fraction of sp³-hybridized carbons (Fsp3) is 0.857. The second kappa shape index (κ2) is 8.91. The first kappa shape index (κ1) is 17.9. The molecular formula is C14H27NO4. The van der Waals surface area contributed by atoms with Crippen LogP contribution in [0.4, 0.5) is 0 Å². The van der Waals surface area contributed by atoms with Crippen molar-refractivity contribution >= 4 is 11.9 Å². The highest BCUT2D eigenvalue weighted by molar-refractivity contribution is 5.84. The predicted octanol–water partition coefficient (Wildman–Crippen LogP) is 2.06. The molecule has 1 amide bonds. The number of aliphatic carboxylic acids is 1. The maximum Gasteiger partial charge on any atom is 0.310 e. The fourth-order valence-electron chi connectivity index (χ4n) is 1.83. The average Bonchev–Trinajstić information content (AvgIpc) is 2.34. The van der Waals surface area contributed by atoms with E-state index in [-0.39, 0.29) is 12.3 Å². The van der Waals surface area contributed by atoms with Crippen molar-refractivity contribution in [1.29, 1.82) is 0 Å². The van der Waals surface area contributed by atoms with E-state index in [1.807, 2.05) is 0 Å². The van der Waals surface area contributed by atoms with Crippen LogP contribution in [0.25, 0.3) is 0 Å². The number of rotatable bonds is 10. The van der Waals surface area contributed by atoms with Crippen molar-refractivity contribution in [3.8, 4) is 0 Å². The molecule has 19 heavy (non-hydrogen) atoms. The van der Waals surface area contributed by atoms with Crippen LogP contribution >= 0.6 is 0 Å². The molecule has 0 saturated carbocycles. The van der Waals surface area contributed by atoms with E-state index in [2.05, 4.69) is 19.2 Å². The van der Waals surface area contributed by atoms with Gasteiger partial charge in [0.2, 0.25) is 5.91 Å². The number of carboxylic acids is 1. The summed E-state index contributed by atoms with van der Waals surface area (Å²) in [5.74, 6) is -0.654. The van der Waals surface area contributed by atoms with Crippen molar-refractivity contribution in [2.75, 3.05) is 19.8 Å². The molecule has 0 saturated heterocycles. The molecule has 0 aromatic carbocycles. The third kappa shape index (κ3) is 6.57. The van der Waals surface area contributed by atoms with E-state index in [1.165, 1.54) is 0 Å². The Balaban J connectivity index is 4.05. The fourth-order valence-corrected chi connectivity index (χ4v) is 1.83. The summed E-state index contributed by atoms with van der Waals surface area (Å²) in [4.78, 5) is 23.0. The molecule has 0 spiro atoms. The first-order valence-corrected chi connectivity index (χ1v) is 6.95. The lowest BCUT2D eigenvalue weighted by molar-refractivity contribution is -0.152. The first-order chi connectivity index (χ1) is 8.88. The SMILES string of the molecule is CCC(CC)(CC(=O)NCCOCC(C)C)C(=O)O. The van der Waals surface area contributed by atoms with Crippen molar-refractivity contribution in [2.24, 2.45) is 11.3 Å². The molecule has 0 aromatic heterocycles. The van der Waals surface area contributed by atoms with Crippen LogP contribution in [0.2, 0.25) is 0 Å². The standard InChI is InChI=1S/C14H27NO4/c1-5-14(6-2,13(17)18)9-12(16)15-7-8-19-10-11(3)4/h11H,5-10H2,1-4H3,(H,15,16)(H,17,18). The first-order valence-electron chi connectivity index (χ1n) is 6.95. The topological polar surface area (TPSA) is 75.6 Å². The molecule has 0 aromatic rings. The summed E-state index contributed by atoms with van der Waals surface area (Å²) in [6.45, 7) is 9.27. The third-order valence-electron chi connectivity index (χ3n) is 3.33. The summed E-state index contributed by atoms with van der Waals surface area (Å²) >= 11 is 0. The number of ether oxygens (including phenoxy) is 1. The number of nitrogens with one attached hydrogen (secondary N) is 1. The lowest BCUT2D eigenvalue weighted by Crippen LogP contribution is -2.37. The van der Waals surface area contributed by atoms with E-state index >= 15 is 0 Å². The molecule has 0 bridgehead atoms. The van der Waals surface area contributed by atoms with Gasteiger partial charge in [-0.2, -0.15) is 0 Å². The smallest absolute Gasteiger partial charge is 0.310 e. The van der Waals surface area contributed by atoms with Gasteiger partial charge in [0.25, 0.3) is 0 Å². The normalized spacial score (nSPS) is 11.6. The zero-order chi connectivity index (χ0) is 14.9. The van der Waals surface area contributed by atoms with Crippen molar-refractivity contribution in [1.82, 2.24) is 5.32 Å². The quantitative estimate of drug-likeness (QED) is 0.597. The van der Waals surface area contributed by atoms with Crippen molar-refractivity contribution in [3.05, 3.63) is 0 Å². The van der Waals surface area contributed by atoms with Gasteiger partial charge in [-0.25, -0.2) is 0 Å². The van der Waals surface area contributed by atoms with Gasteiger partial charge in [0.15, 0.2) is 0 Å². The highest BCUT2D eigenvalue weighted by atomic mass is 16.5. The van der Waals surface area contributed by atoms with Gasteiger partial charge in [0, 0.05) is 19.6 Å². The minimum absolute atomic E-state index is 0.0273. The Hall–Kier alpha value is -1.10. The van der Waals surface area contributed by atoms with Crippen LogP contribution in [0.5, 0.6) is 0 Å². The lowest BCUT2D eigenvalue weighted by atomic mass is 9.79. The summed E-state index contributed by atoms with van der Waals surface area (Å²) < 4.78 is 5.34. The molecule has 0 atom stereocenters. The van der Waals surface area contributed by atoms with Gasteiger partial charge < -0.3 is 15.2 Å². The summed E-state index contributed by atoms with van der Waals surface area (Å²) in [5.41, 5.74) is -0.942. The molecule has 0 aliphatic rings. The number of amides is 1. The number of hydrogen-bond acceptors (Lipinski definition) is 3. The molecule has 0 fully saturated rings. The number of carboxylic acid groups (broad SMARTS) is 1. The Kier molecular flexibility index (Phi) is 8.39. The van der Waals surface area contributed by atoms with Gasteiger partial charge >= 0.3 is 5.97 Å². The van der Waals surface area contributed by atoms with Crippen LogP contribution in [0.3, 0.4) is 0 Å². The van der Waals surface area contributed by atoms with Gasteiger partial charge in [-0.05, 0) is 18.8 Å². The predicted molar refractivity (Wildman–Crippen MR) is 73.9 cm³/mol. The number of carbonyl (C=O) groups is 2. The molecule has 5 nitrogen and oxygen atoms in total. The molecule has 0 radical (unpaired) electrons. The van der Waals surface area contributed by atoms with Gasteiger partial charge in [-0.1, -0.05) is 27.7 Å². The van der Waals surface area contributed by atoms with E-state index in [4.69, 9.17) is 4.74 Å². The molecule has 5 heteroatoms. The average molecular weight is 273 g/mol. The third-order valence-corrected chi connectivity index (χ3v) is 3.33. The zero-order valence-corrected chi connectivity index (χ0v) is 12.5. The Morgan fingerprint density at radius 2 is 1.84 bits per heavy atom. The Morgan fingerprint density at radius 3 is 2.26 bits per heavy atom. The van der Waals surface area contributed by atoms with Gasteiger partial charge in [0.1, 0.15) is 0 Å². The van der Waals surface area contributed by atoms with Gasteiger partial charge in [-0.3, -0.25) is 9.59 Å². The molecule has 2 N–H and O–H groups in total. The summed E-state index contributed by atoms with van der Waals surface area (Å²) in [7, 11) is 0. The van der Waals surface area contributed by atoms with E-state index in [0.29, 0.717) is 38.5 Å². The second-order valence-electron chi connectivity index (χ2n) is 5.29. The van der Waals surface area contributed by atoms with Crippen molar-refractivity contribution in [2.45, 2.75) is 47.0 Å². The molecule has 0 aliphatic heterocycles. The Labute approximate surface area is 115 Å². The molecule has 0 rings (SSSR count). The van der Waals surface area contributed by atoms with Crippen LogP contribution < -0.4 is 5.32 Å². The Morgan fingerprint density at radius 1 is 1.26 bits per heavy atom. The summed E-state index contributed by atoms with van der Waals surface area (Å²) in [5, 5.41) is 11.9. The van der Waals surface area contributed by atoms with E-state index in [1.54, 1.807) is 13.8 Å². The molecule has 0 aliphatic carbocycles. The van der Waals surface area contributed by atoms with Gasteiger partial charge in [-0.15, -0.1) is 0 Å². The van der Waals surface area contributed by atoms with Crippen molar-refractivity contribution < 1.29 is 19.4 Å². The second-order valence-corrected chi connectivity index (χ2v) is 5.29. The molecule has 0 heterocycles. The van der Waals surface area contributed by atoms with Crippen molar-refractivity contribution in [3.63, 3.8) is 0 Å². The highest BCUT2D eigenvalue weighted by Crippen LogP contribution is 2.30. The molecular weight excluding hydrogens is 246 g/mol. The van der Waals surface area contributed by atoms with E-state index in [0.717, 1.165) is 0 Å². The monoisotopic (exact) mass is 273 g/mol. The largest absolute Gasteiger partial charge is 0.481 e. The maximum atomic E-state index is 11.7. The highest BCUT2D eigenvalue weighted by Gasteiger charge is 2.36. The van der Waals surface area contributed by atoms with Crippen LogP contribution in [-0.4, -0.2) is 36.7 Å². The zero-order valence-electron chi connectivity index (χ0n) is 12.5. The molecule has 112 valence electrons. The maximum absolute atomic E-state index is 11.7. The minimum atomic E-state index is -0.942. The summed E-state index contributed by atoms with van der Waals surface area (Å²) in [6, 6.07) is 0. The lowest BCUT2D eigenvalue weighted by Gasteiger charge is -2.25. The van der Waals surface area contributed by atoms with Crippen LogP contribution in [-0.2, 0) is 14.3 Å². The van der Waals surface area contributed by atoms with Gasteiger partial charge in [0.05, 0.1) is 12.0 Å². The van der Waals surface area contributed by atoms with E-state index in [9.17, 15) is 14.7 Å². The summed E-state index contributed by atoms with van der Waals surface area (Å²) in [6.07, 6.45) is 0.936. The number of carbonyl (C=O) groups excluding carboxylic acids is 1. The molecule has 0 unspecified atom stereocenters. The Bertz CT molecular complexity index is 285. The minimum Gasteiger partial charge on any atom is -0.481 e.